The summed E-state index contributed by atoms with van der Waals surface area (Å²) in [5.74, 6) is 1.43. The molecular weight excluding hydrogens is 432 g/mol. The third-order valence-corrected chi connectivity index (χ3v) is 5.40. The Hall–Kier alpha value is -4.14. The van der Waals surface area contributed by atoms with Crippen LogP contribution in [0.3, 0.4) is 0 Å². The summed E-state index contributed by atoms with van der Waals surface area (Å²) in [7, 11) is 3.07. The molecule has 0 aliphatic carbocycles. The molecule has 0 bridgehead atoms. The van der Waals surface area contributed by atoms with Crippen LogP contribution in [0.4, 0.5) is 5.95 Å². The van der Waals surface area contributed by atoms with Gasteiger partial charge in [0.25, 0.3) is 5.56 Å². The van der Waals surface area contributed by atoms with E-state index in [1.807, 2.05) is 68.4 Å². The third kappa shape index (κ3) is 4.78. The molecule has 0 atom stereocenters. The molecule has 0 aliphatic heterocycles. The highest BCUT2D eigenvalue weighted by Gasteiger charge is 2.19. The van der Waals surface area contributed by atoms with E-state index in [-0.39, 0.29) is 11.5 Å². The molecule has 0 aliphatic rings. The topological polar surface area (TPSA) is 95.4 Å². The number of aryl methyl sites for hydroxylation is 1. The molecule has 2 aromatic heterocycles. The molecule has 4 rings (SSSR count). The van der Waals surface area contributed by atoms with E-state index < -0.39 is 5.69 Å². The van der Waals surface area contributed by atoms with Gasteiger partial charge in [0.2, 0.25) is 5.95 Å². The zero-order chi connectivity index (χ0) is 24.2. The first-order valence-electron chi connectivity index (χ1n) is 11.1. The van der Waals surface area contributed by atoms with Crippen molar-refractivity contribution >= 4 is 23.3 Å². The Morgan fingerprint density at radius 1 is 1.03 bits per heavy atom. The van der Waals surface area contributed by atoms with Gasteiger partial charge in [-0.25, -0.2) is 10.2 Å². The highest BCUT2D eigenvalue weighted by molar-refractivity contribution is 5.80. The summed E-state index contributed by atoms with van der Waals surface area (Å²) in [6.07, 6.45) is 1.66. The highest BCUT2D eigenvalue weighted by Crippen LogP contribution is 2.18. The average Bonchev–Trinajstić information content (AvgIpc) is 3.19. The summed E-state index contributed by atoms with van der Waals surface area (Å²) in [6.45, 7) is 5.15. The minimum Gasteiger partial charge on any atom is -0.489 e. The van der Waals surface area contributed by atoms with Crippen LogP contribution in [0.25, 0.3) is 11.2 Å². The quantitative estimate of drug-likeness (QED) is 0.322. The Morgan fingerprint density at radius 2 is 1.74 bits per heavy atom. The van der Waals surface area contributed by atoms with Crippen LogP contribution in [0.2, 0.25) is 0 Å². The Morgan fingerprint density at radius 3 is 2.41 bits per heavy atom. The Balaban J connectivity index is 1.53. The predicted octanol–water partition coefficient (Wildman–Crippen LogP) is 3.11. The van der Waals surface area contributed by atoms with Crippen molar-refractivity contribution in [3.05, 3.63) is 86.6 Å². The average molecular weight is 461 g/mol. The number of rotatable bonds is 8. The Kier molecular flexibility index (Phi) is 6.62. The largest absolute Gasteiger partial charge is 0.489 e. The number of ether oxygens (including phenoxy) is 1. The zero-order valence-corrected chi connectivity index (χ0v) is 19.7. The van der Waals surface area contributed by atoms with Crippen molar-refractivity contribution < 1.29 is 4.74 Å². The van der Waals surface area contributed by atoms with Crippen LogP contribution >= 0.6 is 0 Å². The number of fused-ring (bicyclic) bond motifs is 1. The molecule has 0 saturated carbocycles. The van der Waals surface area contributed by atoms with Gasteiger partial charge < -0.3 is 9.30 Å². The van der Waals surface area contributed by atoms with Gasteiger partial charge in [-0.1, -0.05) is 44.2 Å². The summed E-state index contributed by atoms with van der Waals surface area (Å²) < 4.78 is 10.1. The first kappa shape index (κ1) is 23.0. The molecule has 176 valence electrons. The zero-order valence-electron chi connectivity index (χ0n) is 19.7. The van der Waals surface area contributed by atoms with E-state index in [1.54, 1.807) is 17.8 Å². The van der Waals surface area contributed by atoms with Crippen LogP contribution in [-0.2, 0) is 27.2 Å². The lowest BCUT2D eigenvalue weighted by molar-refractivity contribution is 0.306. The first-order valence-corrected chi connectivity index (χ1v) is 11.1. The third-order valence-electron chi connectivity index (χ3n) is 5.40. The Bertz CT molecular complexity index is 1430. The first-order chi connectivity index (χ1) is 16.3. The van der Waals surface area contributed by atoms with Gasteiger partial charge in [0, 0.05) is 20.6 Å². The SMILES string of the molecule is CC(C)Cn1c(N/N=C/c2ccc(OCc3ccccc3)cc2)nc2c1c(=O)n(C)c(=O)n2C. The second-order valence-electron chi connectivity index (χ2n) is 8.53. The fourth-order valence-electron chi connectivity index (χ4n) is 3.63. The molecule has 0 unspecified atom stereocenters. The molecule has 0 saturated heterocycles. The summed E-state index contributed by atoms with van der Waals surface area (Å²) in [4.78, 5) is 29.6. The van der Waals surface area contributed by atoms with Crippen LogP contribution in [0.15, 0.2) is 69.3 Å². The Labute approximate surface area is 196 Å². The van der Waals surface area contributed by atoms with Crippen LogP contribution in [0.1, 0.15) is 25.0 Å². The van der Waals surface area contributed by atoms with E-state index in [2.05, 4.69) is 15.5 Å². The van der Waals surface area contributed by atoms with Crippen molar-refractivity contribution in [2.24, 2.45) is 25.1 Å². The van der Waals surface area contributed by atoms with Crippen molar-refractivity contribution in [1.82, 2.24) is 18.7 Å². The van der Waals surface area contributed by atoms with Gasteiger partial charge in [-0.05, 0) is 41.3 Å². The van der Waals surface area contributed by atoms with Gasteiger partial charge in [0.15, 0.2) is 11.2 Å². The molecule has 2 heterocycles. The number of nitrogens with zero attached hydrogens (tertiary/aromatic N) is 5. The molecule has 9 nitrogen and oxygen atoms in total. The fraction of sp³-hybridized carbons (Fsp3) is 0.280. The smallest absolute Gasteiger partial charge is 0.332 e. The predicted molar refractivity (Wildman–Crippen MR) is 133 cm³/mol. The van der Waals surface area contributed by atoms with Gasteiger partial charge in [-0.3, -0.25) is 13.9 Å². The number of benzene rings is 2. The van der Waals surface area contributed by atoms with Crippen molar-refractivity contribution in [2.45, 2.75) is 27.0 Å². The number of hydrazone groups is 1. The minimum atomic E-state index is -0.420. The van der Waals surface area contributed by atoms with E-state index in [9.17, 15) is 9.59 Å². The lowest BCUT2D eigenvalue weighted by Gasteiger charge is -2.11. The molecule has 0 amide bonds. The molecule has 0 fully saturated rings. The van der Waals surface area contributed by atoms with Gasteiger partial charge in [0.05, 0.1) is 6.21 Å². The van der Waals surface area contributed by atoms with Crippen molar-refractivity contribution in [3.63, 3.8) is 0 Å². The molecule has 1 N–H and O–H groups in total. The van der Waals surface area contributed by atoms with Crippen LogP contribution in [0, 0.1) is 5.92 Å². The second-order valence-corrected chi connectivity index (χ2v) is 8.53. The van der Waals surface area contributed by atoms with Gasteiger partial charge >= 0.3 is 5.69 Å². The lowest BCUT2D eigenvalue weighted by Crippen LogP contribution is -2.37. The molecule has 0 radical (unpaired) electrons. The van der Waals surface area contributed by atoms with Crippen LogP contribution in [-0.4, -0.2) is 24.9 Å². The summed E-state index contributed by atoms with van der Waals surface area (Å²) in [6, 6.07) is 17.6. The van der Waals surface area contributed by atoms with Crippen LogP contribution < -0.4 is 21.4 Å². The summed E-state index contributed by atoms with van der Waals surface area (Å²) >= 11 is 0. The summed E-state index contributed by atoms with van der Waals surface area (Å²) in [5.41, 5.74) is 4.81. The van der Waals surface area contributed by atoms with Crippen molar-refractivity contribution in [1.29, 1.82) is 0 Å². The summed E-state index contributed by atoms with van der Waals surface area (Å²) in [5, 5.41) is 4.31. The maximum Gasteiger partial charge on any atom is 0.332 e. The van der Waals surface area contributed by atoms with Crippen molar-refractivity contribution in [3.8, 4) is 5.75 Å². The maximum absolute atomic E-state index is 12.8. The highest BCUT2D eigenvalue weighted by atomic mass is 16.5. The number of nitrogens with one attached hydrogen (secondary N) is 1. The number of hydrogen-bond acceptors (Lipinski definition) is 6. The monoisotopic (exact) mass is 460 g/mol. The number of imidazole rings is 1. The van der Waals surface area contributed by atoms with Gasteiger partial charge in [-0.2, -0.15) is 10.1 Å². The fourth-order valence-corrected chi connectivity index (χ4v) is 3.63. The molecule has 9 heteroatoms. The van der Waals surface area contributed by atoms with Gasteiger partial charge in [0.1, 0.15) is 12.4 Å². The molecule has 0 spiro atoms. The molecular formula is C25H28N6O3. The van der Waals surface area contributed by atoms with E-state index >= 15 is 0 Å². The second kappa shape index (κ2) is 9.78. The molecule has 2 aromatic carbocycles. The molecule has 4 aromatic rings. The van der Waals surface area contributed by atoms with Crippen LogP contribution in [0.5, 0.6) is 5.75 Å². The minimum absolute atomic E-state index is 0.257. The molecule has 34 heavy (non-hydrogen) atoms. The number of aromatic nitrogens is 4. The number of hydrogen-bond donors (Lipinski definition) is 1. The normalized spacial score (nSPS) is 11.6. The standard InChI is InChI=1S/C25H28N6O3/c1-17(2)15-31-21-22(29(3)25(33)30(4)23(21)32)27-24(31)28-26-14-18-10-12-20(13-11-18)34-16-19-8-6-5-7-9-19/h5-14,17H,15-16H2,1-4H3,(H,27,28)/b26-14+. The maximum atomic E-state index is 12.8. The lowest BCUT2D eigenvalue weighted by atomic mass is 10.2. The van der Waals surface area contributed by atoms with Crippen molar-refractivity contribution in [2.75, 3.05) is 5.43 Å². The van der Waals surface area contributed by atoms with E-state index in [0.717, 1.165) is 21.4 Å². The van der Waals surface area contributed by atoms with E-state index in [4.69, 9.17) is 4.74 Å². The van der Waals surface area contributed by atoms with E-state index in [0.29, 0.717) is 30.3 Å². The van der Waals surface area contributed by atoms with Gasteiger partial charge in [-0.15, -0.1) is 0 Å². The number of anilines is 1. The van der Waals surface area contributed by atoms with E-state index in [1.165, 1.54) is 11.6 Å².